The van der Waals surface area contributed by atoms with Gasteiger partial charge in [-0.15, -0.1) is 0 Å². The molecule has 0 aliphatic rings. The molecule has 0 saturated heterocycles. The van der Waals surface area contributed by atoms with Crippen LogP contribution in [0.1, 0.15) is 30.1 Å². The van der Waals surface area contributed by atoms with Crippen molar-refractivity contribution < 1.29 is 23.8 Å². The van der Waals surface area contributed by atoms with Gasteiger partial charge in [-0.2, -0.15) is 0 Å². The Labute approximate surface area is 110 Å². The molecule has 6 heteroatoms. The minimum Gasteiger partial charge on any atom is -0.478 e. The van der Waals surface area contributed by atoms with Crippen LogP contribution in [0, 0.1) is 5.82 Å². The van der Waals surface area contributed by atoms with E-state index in [0.717, 1.165) is 12.5 Å². The minimum atomic E-state index is -1.42. The number of ether oxygens (including phenoxy) is 1. The number of carboxylic acids is 1. The third kappa shape index (κ3) is 4.67. The fraction of sp³-hybridized carbons (Fsp3) is 0.385. The van der Waals surface area contributed by atoms with E-state index >= 15 is 0 Å². The lowest BCUT2D eigenvalue weighted by Crippen LogP contribution is -2.17. The second kappa shape index (κ2) is 7.48. The maximum atomic E-state index is 13.3. The molecule has 0 radical (unpaired) electrons. The average Bonchev–Trinajstić information content (AvgIpc) is 2.34. The number of carboxylic acid groups (broad SMARTS) is 1. The van der Waals surface area contributed by atoms with Crippen molar-refractivity contribution in [1.29, 1.82) is 0 Å². The van der Waals surface area contributed by atoms with Crippen molar-refractivity contribution in [3.05, 3.63) is 29.6 Å². The van der Waals surface area contributed by atoms with E-state index in [0.29, 0.717) is 6.61 Å². The molecule has 2 N–H and O–H groups in total. The number of rotatable bonds is 7. The predicted octanol–water partition coefficient (Wildman–Crippen LogP) is 2.28. The van der Waals surface area contributed by atoms with Crippen LogP contribution in [-0.4, -0.2) is 30.2 Å². The van der Waals surface area contributed by atoms with Gasteiger partial charge in [-0.1, -0.05) is 13.0 Å². The summed E-state index contributed by atoms with van der Waals surface area (Å²) >= 11 is 0. The lowest BCUT2D eigenvalue weighted by atomic mass is 10.1. The SMILES string of the molecule is CCCOCCC(=O)Nc1cccc(F)c1C(=O)O. The summed E-state index contributed by atoms with van der Waals surface area (Å²) in [5.74, 6) is -2.72. The summed E-state index contributed by atoms with van der Waals surface area (Å²) < 4.78 is 18.5. The first kappa shape index (κ1) is 15.1. The van der Waals surface area contributed by atoms with Gasteiger partial charge in [-0.25, -0.2) is 9.18 Å². The van der Waals surface area contributed by atoms with Crippen LogP contribution in [0.15, 0.2) is 18.2 Å². The highest BCUT2D eigenvalue weighted by molar-refractivity contribution is 6.00. The Morgan fingerprint density at radius 2 is 2.11 bits per heavy atom. The Kier molecular flexibility index (Phi) is 5.95. The zero-order valence-electron chi connectivity index (χ0n) is 10.6. The first-order valence-electron chi connectivity index (χ1n) is 5.95. The number of halogens is 1. The number of amides is 1. The first-order chi connectivity index (χ1) is 9.06. The molecule has 19 heavy (non-hydrogen) atoms. The fourth-order valence-corrected chi connectivity index (χ4v) is 1.47. The number of aromatic carboxylic acids is 1. The zero-order valence-corrected chi connectivity index (χ0v) is 10.6. The average molecular weight is 269 g/mol. The Morgan fingerprint density at radius 1 is 1.37 bits per heavy atom. The van der Waals surface area contributed by atoms with Crippen molar-refractivity contribution in [2.24, 2.45) is 0 Å². The molecule has 0 aromatic heterocycles. The molecule has 0 saturated carbocycles. The summed E-state index contributed by atoms with van der Waals surface area (Å²) in [6.07, 6.45) is 0.949. The van der Waals surface area contributed by atoms with E-state index in [2.05, 4.69) is 5.32 Å². The third-order valence-corrected chi connectivity index (χ3v) is 2.32. The fourth-order valence-electron chi connectivity index (χ4n) is 1.47. The van der Waals surface area contributed by atoms with Crippen LogP contribution in [0.3, 0.4) is 0 Å². The van der Waals surface area contributed by atoms with E-state index < -0.39 is 23.3 Å². The number of nitrogens with one attached hydrogen (secondary N) is 1. The predicted molar refractivity (Wildman–Crippen MR) is 67.7 cm³/mol. The Balaban J connectivity index is 2.64. The summed E-state index contributed by atoms with van der Waals surface area (Å²) in [5, 5.41) is 11.3. The molecule has 0 aliphatic carbocycles. The van der Waals surface area contributed by atoms with E-state index in [1.807, 2.05) is 6.92 Å². The van der Waals surface area contributed by atoms with Gasteiger partial charge in [0.2, 0.25) is 5.91 Å². The van der Waals surface area contributed by atoms with Crippen LogP contribution in [0.25, 0.3) is 0 Å². The molecule has 0 spiro atoms. The number of carbonyl (C=O) groups excluding carboxylic acids is 1. The van der Waals surface area contributed by atoms with E-state index in [1.54, 1.807) is 0 Å². The van der Waals surface area contributed by atoms with Crippen molar-refractivity contribution in [3.8, 4) is 0 Å². The normalized spacial score (nSPS) is 10.2. The van der Waals surface area contributed by atoms with Gasteiger partial charge < -0.3 is 15.2 Å². The van der Waals surface area contributed by atoms with Gasteiger partial charge in [0, 0.05) is 6.61 Å². The highest BCUT2D eigenvalue weighted by Gasteiger charge is 2.16. The van der Waals surface area contributed by atoms with Crippen LogP contribution in [0.4, 0.5) is 10.1 Å². The molecular formula is C13H16FNO4. The molecule has 0 atom stereocenters. The van der Waals surface area contributed by atoms with Crippen molar-refractivity contribution >= 4 is 17.6 Å². The second-order valence-corrected chi connectivity index (χ2v) is 3.88. The molecule has 0 bridgehead atoms. The molecule has 104 valence electrons. The molecule has 0 unspecified atom stereocenters. The first-order valence-corrected chi connectivity index (χ1v) is 5.95. The third-order valence-electron chi connectivity index (χ3n) is 2.32. The Hall–Kier alpha value is -1.95. The molecular weight excluding hydrogens is 253 g/mol. The molecule has 5 nitrogen and oxygen atoms in total. The summed E-state index contributed by atoms with van der Waals surface area (Å²) in [7, 11) is 0. The maximum absolute atomic E-state index is 13.3. The summed E-state index contributed by atoms with van der Waals surface area (Å²) in [5.41, 5.74) is -0.585. The molecule has 0 fully saturated rings. The van der Waals surface area contributed by atoms with E-state index in [9.17, 15) is 14.0 Å². The minimum absolute atomic E-state index is 0.0482. The highest BCUT2D eigenvalue weighted by atomic mass is 19.1. The number of hydrogen-bond acceptors (Lipinski definition) is 3. The lowest BCUT2D eigenvalue weighted by molar-refractivity contribution is -0.117. The summed E-state index contributed by atoms with van der Waals surface area (Å²) in [4.78, 5) is 22.5. The molecule has 1 amide bonds. The monoisotopic (exact) mass is 269 g/mol. The van der Waals surface area contributed by atoms with Gasteiger partial charge in [0.05, 0.1) is 18.7 Å². The number of carbonyl (C=O) groups is 2. The number of anilines is 1. The van der Waals surface area contributed by atoms with Gasteiger partial charge in [0.25, 0.3) is 0 Å². The van der Waals surface area contributed by atoms with Crippen molar-refractivity contribution in [1.82, 2.24) is 0 Å². The smallest absolute Gasteiger partial charge is 0.340 e. The standard InChI is InChI=1S/C13H16FNO4/c1-2-7-19-8-6-11(16)15-10-5-3-4-9(14)12(10)13(17)18/h3-5H,2,6-8H2,1H3,(H,15,16)(H,17,18). The van der Waals surface area contributed by atoms with E-state index in [1.165, 1.54) is 12.1 Å². The topological polar surface area (TPSA) is 75.6 Å². The van der Waals surface area contributed by atoms with Crippen LogP contribution >= 0.6 is 0 Å². The van der Waals surface area contributed by atoms with Crippen molar-refractivity contribution in [2.75, 3.05) is 18.5 Å². The summed E-state index contributed by atoms with van der Waals surface area (Å²) in [6.45, 7) is 2.76. The summed E-state index contributed by atoms with van der Waals surface area (Å²) in [6, 6.07) is 3.71. The van der Waals surface area contributed by atoms with E-state index in [-0.39, 0.29) is 18.7 Å². The number of benzene rings is 1. The van der Waals surface area contributed by atoms with Crippen molar-refractivity contribution in [2.45, 2.75) is 19.8 Å². The maximum Gasteiger partial charge on any atom is 0.340 e. The lowest BCUT2D eigenvalue weighted by Gasteiger charge is -2.09. The van der Waals surface area contributed by atoms with Gasteiger partial charge in [-0.3, -0.25) is 4.79 Å². The Bertz CT molecular complexity index is 462. The van der Waals surface area contributed by atoms with Gasteiger partial charge >= 0.3 is 5.97 Å². The highest BCUT2D eigenvalue weighted by Crippen LogP contribution is 2.19. The quantitative estimate of drug-likeness (QED) is 0.744. The van der Waals surface area contributed by atoms with Crippen LogP contribution in [0.5, 0.6) is 0 Å². The second-order valence-electron chi connectivity index (χ2n) is 3.88. The van der Waals surface area contributed by atoms with Crippen LogP contribution < -0.4 is 5.32 Å². The largest absolute Gasteiger partial charge is 0.478 e. The zero-order chi connectivity index (χ0) is 14.3. The van der Waals surface area contributed by atoms with Crippen LogP contribution in [0.2, 0.25) is 0 Å². The number of hydrogen-bond donors (Lipinski definition) is 2. The van der Waals surface area contributed by atoms with Crippen LogP contribution in [-0.2, 0) is 9.53 Å². The van der Waals surface area contributed by atoms with E-state index in [4.69, 9.17) is 9.84 Å². The molecule has 0 aliphatic heterocycles. The molecule has 0 heterocycles. The molecule has 1 rings (SSSR count). The van der Waals surface area contributed by atoms with Gasteiger partial charge in [0.15, 0.2) is 0 Å². The van der Waals surface area contributed by atoms with Gasteiger partial charge in [0.1, 0.15) is 11.4 Å². The van der Waals surface area contributed by atoms with Gasteiger partial charge in [-0.05, 0) is 18.6 Å². The molecule has 1 aromatic carbocycles. The van der Waals surface area contributed by atoms with Crippen molar-refractivity contribution in [3.63, 3.8) is 0 Å². The Morgan fingerprint density at radius 3 is 2.74 bits per heavy atom. The molecule has 1 aromatic rings.